The Hall–Kier alpha value is -1.28. The van der Waals surface area contributed by atoms with Crippen LogP contribution in [0.1, 0.15) is 63.5 Å². The Balaban J connectivity index is 1.91. The van der Waals surface area contributed by atoms with Gasteiger partial charge in [0.05, 0.1) is 0 Å². The minimum atomic E-state index is -0.0452. The Labute approximate surface area is 144 Å². The second kappa shape index (κ2) is 6.68. The average Bonchev–Trinajstić information content (AvgIpc) is 2.76. The molecular weight excluding hydrogens is 306 g/mol. The Kier molecular flexibility index (Phi) is 4.82. The van der Waals surface area contributed by atoms with E-state index in [2.05, 4.69) is 25.2 Å². The molecule has 0 radical (unpaired) electrons. The van der Waals surface area contributed by atoms with Crippen LogP contribution < -0.4 is 5.32 Å². The number of carbonyl (C=O) groups is 1. The molecule has 0 amide bonds. The van der Waals surface area contributed by atoms with Crippen LogP contribution in [0.4, 0.5) is 0 Å². The van der Waals surface area contributed by atoms with Gasteiger partial charge >= 0.3 is 0 Å². The minimum absolute atomic E-state index is 0.0452. The summed E-state index contributed by atoms with van der Waals surface area (Å²) in [5, 5.41) is 4.26. The highest BCUT2D eigenvalue weighted by Gasteiger charge is 2.29. The van der Waals surface area contributed by atoms with E-state index in [0.717, 1.165) is 35.5 Å². The fourth-order valence-electron chi connectivity index (χ4n) is 3.84. The van der Waals surface area contributed by atoms with Crippen molar-refractivity contribution in [2.24, 2.45) is 5.92 Å². The van der Waals surface area contributed by atoms with Crippen LogP contribution in [0.25, 0.3) is 5.70 Å². The van der Waals surface area contributed by atoms with Crippen molar-refractivity contribution in [2.75, 3.05) is 0 Å². The number of benzene rings is 1. The first-order valence-electron chi connectivity index (χ1n) is 8.77. The molecule has 1 aliphatic carbocycles. The largest absolute Gasteiger partial charge is 0.379 e. The first-order chi connectivity index (χ1) is 10.9. The first kappa shape index (κ1) is 16.6. The van der Waals surface area contributed by atoms with Crippen LogP contribution in [-0.2, 0) is 11.2 Å². The molecule has 0 saturated heterocycles. The molecular formula is C20H26ClNO. The Morgan fingerprint density at radius 1 is 1.22 bits per heavy atom. The van der Waals surface area contributed by atoms with E-state index in [1.165, 1.54) is 31.2 Å². The summed E-state index contributed by atoms with van der Waals surface area (Å²) in [5.74, 6) is 0.470. The minimum Gasteiger partial charge on any atom is -0.379 e. The smallest absolute Gasteiger partial charge is 0.160 e. The van der Waals surface area contributed by atoms with Crippen molar-refractivity contribution < 1.29 is 4.79 Å². The van der Waals surface area contributed by atoms with Gasteiger partial charge in [0.15, 0.2) is 5.78 Å². The van der Waals surface area contributed by atoms with Gasteiger partial charge in [0, 0.05) is 33.8 Å². The van der Waals surface area contributed by atoms with Crippen molar-refractivity contribution in [1.82, 2.24) is 5.32 Å². The molecule has 1 heterocycles. The molecule has 2 aliphatic rings. The quantitative estimate of drug-likeness (QED) is 0.600. The molecule has 0 atom stereocenters. The topological polar surface area (TPSA) is 29.1 Å². The van der Waals surface area contributed by atoms with Gasteiger partial charge in [-0.25, -0.2) is 0 Å². The lowest BCUT2D eigenvalue weighted by molar-refractivity contribution is -0.118. The number of hydrogen-bond donors (Lipinski definition) is 1. The number of hydrogen-bond acceptors (Lipinski definition) is 2. The number of nitrogens with one attached hydrogen (secondary N) is 1. The third kappa shape index (κ3) is 3.98. The van der Waals surface area contributed by atoms with E-state index < -0.39 is 0 Å². The van der Waals surface area contributed by atoms with Crippen LogP contribution in [0.3, 0.4) is 0 Å². The maximum atomic E-state index is 12.8. The number of halogens is 1. The Bertz CT molecular complexity index is 625. The average molecular weight is 332 g/mol. The van der Waals surface area contributed by atoms with E-state index in [0.29, 0.717) is 0 Å². The molecule has 0 unspecified atom stereocenters. The van der Waals surface area contributed by atoms with Crippen molar-refractivity contribution in [3.8, 4) is 0 Å². The monoisotopic (exact) mass is 331 g/mol. The molecule has 3 heteroatoms. The van der Waals surface area contributed by atoms with Crippen LogP contribution in [0.2, 0.25) is 5.02 Å². The van der Waals surface area contributed by atoms with Crippen molar-refractivity contribution in [3.63, 3.8) is 0 Å². The van der Waals surface area contributed by atoms with Crippen molar-refractivity contribution in [1.29, 1.82) is 0 Å². The predicted molar refractivity (Wildman–Crippen MR) is 96.5 cm³/mol. The Morgan fingerprint density at radius 2 is 1.91 bits per heavy atom. The van der Waals surface area contributed by atoms with E-state index in [1.54, 1.807) is 0 Å². The van der Waals surface area contributed by atoms with Gasteiger partial charge in [-0.05, 0) is 50.8 Å². The number of allylic oxidation sites excluding steroid dienone is 1. The number of ketones is 1. The molecule has 0 spiro atoms. The van der Waals surface area contributed by atoms with Crippen molar-refractivity contribution >= 4 is 23.1 Å². The van der Waals surface area contributed by atoms with Gasteiger partial charge in [0.25, 0.3) is 0 Å². The molecule has 1 N–H and O–H groups in total. The normalized spacial score (nSPS) is 23.0. The second-order valence-electron chi connectivity index (χ2n) is 7.64. The summed E-state index contributed by atoms with van der Waals surface area (Å²) in [6.07, 6.45) is 9.75. The summed E-state index contributed by atoms with van der Waals surface area (Å²) in [7, 11) is 0. The fraction of sp³-hybridized carbons (Fsp3) is 0.550. The second-order valence-corrected chi connectivity index (χ2v) is 8.07. The van der Waals surface area contributed by atoms with Gasteiger partial charge in [-0.15, -0.1) is 0 Å². The molecule has 1 aromatic carbocycles. The fourth-order valence-corrected chi connectivity index (χ4v) is 4.02. The summed E-state index contributed by atoms with van der Waals surface area (Å²) in [4.78, 5) is 12.8. The van der Waals surface area contributed by atoms with Crippen LogP contribution >= 0.6 is 11.6 Å². The molecule has 1 aliphatic heterocycles. The highest BCUT2D eigenvalue weighted by atomic mass is 35.5. The summed E-state index contributed by atoms with van der Waals surface area (Å²) >= 11 is 6.18. The number of fused-ring (bicyclic) bond motifs is 1. The SMILES string of the molecule is CC1(C)Cc2ccc(Cl)cc2/C(=C/C(=O)C2CCCCCC2)N1. The van der Waals surface area contributed by atoms with Crippen LogP contribution in [0.15, 0.2) is 24.3 Å². The maximum absolute atomic E-state index is 12.8. The molecule has 1 aromatic rings. The highest BCUT2D eigenvalue weighted by molar-refractivity contribution is 6.30. The number of rotatable bonds is 2. The third-order valence-electron chi connectivity index (χ3n) is 5.01. The summed E-state index contributed by atoms with van der Waals surface area (Å²) in [6.45, 7) is 4.35. The van der Waals surface area contributed by atoms with Crippen molar-refractivity contribution in [2.45, 2.75) is 64.3 Å². The van der Waals surface area contributed by atoms with Gasteiger partial charge in [-0.3, -0.25) is 4.79 Å². The van der Waals surface area contributed by atoms with E-state index in [1.807, 2.05) is 18.2 Å². The molecule has 0 aromatic heterocycles. The van der Waals surface area contributed by atoms with Gasteiger partial charge in [-0.2, -0.15) is 0 Å². The zero-order valence-corrected chi connectivity index (χ0v) is 14.9. The molecule has 3 rings (SSSR count). The van der Waals surface area contributed by atoms with E-state index in [9.17, 15) is 4.79 Å². The molecule has 0 bridgehead atoms. The lowest BCUT2D eigenvalue weighted by Crippen LogP contribution is -2.44. The zero-order valence-electron chi connectivity index (χ0n) is 14.1. The third-order valence-corrected chi connectivity index (χ3v) is 5.25. The van der Waals surface area contributed by atoms with E-state index in [-0.39, 0.29) is 17.2 Å². The zero-order chi connectivity index (χ0) is 16.4. The van der Waals surface area contributed by atoms with Crippen LogP contribution in [0.5, 0.6) is 0 Å². The summed E-state index contributed by atoms with van der Waals surface area (Å²) in [6, 6.07) is 6.00. The summed E-state index contributed by atoms with van der Waals surface area (Å²) in [5.41, 5.74) is 3.24. The number of carbonyl (C=O) groups excluding carboxylic acids is 1. The van der Waals surface area contributed by atoms with Gasteiger partial charge < -0.3 is 5.32 Å². The van der Waals surface area contributed by atoms with E-state index >= 15 is 0 Å². The van der Waals surface area contributed by atoms with Crippen molar-refractivity contribution in [3.05, 3.63) is 40.4 Å². The molecule has 1 fully saturated rings. The van der Waals surface area contributed by atoms with Gasteiger partial charge in [-0.1, -0.05) is 43.4 Å². The van der Waals surface area contributed by atoms with Gasteiger partial charge in [0.2, 0.25) is 0 Å². The standard InChI is InChI=1S/C20H26ClNO/c1-20(2)13-15-9-10-16(21)11-17(15)18(22-20)12-19(23)14-7-5-3-4-6-8-14/h9-12,14,22H,3-8,13H2,1-2H3/b18-12-. The lowest BCUT2D eigenvalue weighted by atomic mass is 9.85. The highest BCUT2D eigenvalue weighted by Crippen LogP contribution is 2.32. The Morgan fingerprint density at radius 3 is 2.61 bits per heavy atom. The lowest BCUT2D eigenvalue weighted by Gasteiger charge is -2.35. The van der Waals surface area contributed by atoms with Crippen LogP contribution in [-0.4, -0.2) is 11.3 Å². The molecule has 1 saturated carbocycles. The van der Waals surface area contributed by atoms with Crippen LogP contribution in [0, 0.1) is 5.92 Å². The van der Waals surface area contributed by atoms with E-state index in [4.69, 9.17) is 11.6 Å². The molecule has 23 heavy (non-hydrogen) atoms. The summed E-state index contributed by atoms with van der Waals surface area (Å²) < 4.78 is 0. The maximum Gasteiger partial charge on any atom is 0.160 e. The molecule has 2 nitrogen and oxygen atoms in total. The van der Waals surface area contributed by atoms with Gasteiger partial charge in [0.1, 0.15) is 0 Å². The molecule has 124 valence electrons. The first-order valence-corrected chi connectivity index (χ1v) is 9.15. The predicted octanol–water partition coefficient (Wildman–Crippen LogP) is 5.14.